The topological polar surface area (TPSA) is 114 Å². The van der Waals surface area contributed by atoms with Crippen LogP contribution in [0.25, 0.3) is 0 Å². The van der Waals surface area contributed by atoms with Crippen LogP contribution in [0.1, 0.15) is 25.3 Å². The van der Waals surface area contributed by atoms with Crippen LogP contribution in [0, 0.1) is 6.92 Å². The number of hydrogen-bond donors (Lipinski definition) is 2. The number of sulfonamides is 1. The molecule has 2 amide bonds. The van der Waals surface area contributed by atoms with Crippen LogP contribution in [0.3, 0.4) is 0 Å². The molecule has 1 aliphatic rings. The third-order valence-electron chi connectivity index (χ3n) is 4.31. The maximum Gasteiger partial charge on any atom is 0.309 e. The molecule has 1 fully saturated rings. The van der Waals surface area contributed by atoms with Gasteiger partial charge in [0.15, 0.2) is 0 Å². The quantitative estimate of drug-likeness (QED) is 0.625. The van der Waals surface area contributed by atoms with Gasteiger partial charge < -0.3 is 20.1 Å². The fourth-order valence-electron chi connectivity index (χ4n) is 2.83. The summed E-state index contributed by atoms with van der Waals surface area (Å²) in [6.07, 6.45) is 0.359. The monoisotopic (exact) mass is 413 g/mol. The average molecular weight is 413 g/mol. The van der Waals surface area contributed by atoms with Gasteiger partial charge in [-0.1, -0.05) is 6.92 Å². The van der Waals surface area contributed by atoms with Gasteiger partial charge in [0.1, 0.15) is 12.0 Å². The van der Waals surface area contributed by atoms with E-state index < -0.39 is 28.1 Å². The summed E-state index contributed by atoms with van der Waals surface area (Å²) >= 11 is 0. The van der Waals surface area contributed by atoms with Crippen LogP contribution in [0.4, 0.5) is 0 Å². The molecule has 10 heteroatoms. The molecule has 0 spiro atoms. The van der Waals surface area contributed by atoms with Gasteiger partial charge in [-0.05, 0) is 43.5 Å². The van der Waals surface area contributed by atoms with E-state index in [1.807, 2.05) is 6.92 Å². The fourth-order valence-corrected chi connectivity index (χ4v) is 4.48. The lowest BCUT2D eigenvalue weighted by molar-refractivity contribution is -0.140. The molecule has 0 aromatic heterocycles. The Labute approximate surface area is 165 Å². The molecular formula is C18H27N3O6S. The molecular weight excluding hydrogens is 386 g/mol. The minimum atomic E-state index is -3.84. The van der Waals surface area contributed by atoms with Crippen LogP contribution in [0.5, 0.6) is 5.75 Å². The zero-order valence-electron chi connectivity index (χ0n) is 16.4. The van der Waals surface area contributed by atoms with Gasteiger partial charge in [-0.3, -0.25) is 9.59 Å². The van der Waals surface area contributed by atoms with Gasteiger partial charge in [0.2, 0.25) is 10.0 Å². The second-order valence-corrected chi connectivity index (χ2v) is 8.28. The maximum atomic E-state index is 13.1. The number of nitrogens with one attached hydrogen (secondary N) is 2. The molecule has 28 heavy (non-hydrogen) atoms. The van der Waals surface area contributed by atoms with Crippen LogP contribution in [0.15, 0.2) is 23.1 Å². The highest BCUT2D eigenvalue weighted by molar-refractivity contribution is 7.89. The van der Waals surface area contributed by atoms with Crippen molar-refractivity contribution in [2.24, 2.45) is 0 Å². The zero-order chi connectivity index (χ0) is 20.7. The summed E-state index contributed by atoms with van der Waals surface area (Å²) in [7, 11) is -2.32. The summed E-state index contributed by atoms with van der Waals surface area (Å²) < 4.78 is 38.1. The smallest absolute Gasteiger partial charge is 0.309 e. The molecule has 156 valence electrons. The first-order valence-corrected chi connectivity index (χ1v) is 10.6. The minimum Gasteiger partial charge on any atom is -0.496 e. The Balaban J connectivity index is 2.12. The number of hydrogen-bond acceptors (Lipinski definition) is 6. The molecule has 0 radical (unpaired) electrons. The third-order valence-corrected chi connectivity index (χ3v) is 6.19. The minimum absolute atomic E-state index is 0.118. The van der Waals surface area contributed by atoms with Crippen LogP contribution < -0.4 is 15.4 Å². The van der Waals surface area contributed by atoms with Crippen molar-refractivity contribution >= 4 is 21.8 Å². The average Bonchev–Trinajstić information content (AvgIpc) is 2.70. The van der Waals surface area contributed by atoms with E-state index in [1.165, 1.54) is 23.5 Å². The summed E-state index contributed by atoms with van der Waals surface area (Å²) in [4.78, 5) is 23.7. The number of ether oxygens (including phenoxy) is 2. The van der Waals surface area contributed by atoms with Gasteiger partial charge in [-0.2, -0.15) is 4.31 Å². The molecule has 0 aliphatic carbocycles. The van der Waals surface area contributed by atoms with Crippen LogP contribution in [-0.2, 0) is 24.3 Å². The Bertz CT molecular complexity index is 812. The van der Waals surface area contributed by atoms with Gasteiger partial charge in [-0.25, -0.2) is 8.42 Å². The highest BCUT2D eigenvalue weighted by Gasteiger charge is 2.35. The highest BCUT2D eigenvalue weighted by Crippen LogP contribution is 2.26. The van der Waals surface area contributed by atoms with Crippen molar-refractivity contribution < 1.29 is 27.5 Å². The third kappa shape index (κ3) is 5.21. The summed E-state index contributed by atoms with van der Waals surface area (Å²) in [5.74, 6) is -0.978. The van der Waals surface area contributed by atoms with Crippen LogP contribution in [0.2, 0.25) is 0 Å². The SMILES string of the molecule is CCCNC(=O)C(=O)NC[C@H]1OCCCN1S(=O)(=O)c1ccc(OC)c(C)c1. The first-order chi connectivity index (χ1) is 13.3. The van der Waals surface area contributed by atoms with Gasteiger partial charge in [0.25, 0.3) is 0 Å². The zero-order valence-corrected chi connectivity index (χ0v) is 17.2. The predicted octanol–water partition coefficient (Wildman–Crippen LogP) is 0.383. The Hall–Kier alpha value is -2.17. The molecule has 1 atom stereocenters. The molecule has 1 aromatic carbocycles. The van der Waals surface area contributed by atoms with Crippen molar-refractivity contribution in [3.05, 3.63) is 23.8 Å². The molecule has 2 rings (SSSR count). The van der Waals surface area contributed by atoms with E-state index in [4.69, 9.17) is 9.47 Å². The number of rotatable bonds is 7. The lowest BCUT2D eigenvalue weighted by Crippen LogP contribution is -2.53. The molecule has 2 N–H and O–H groups in total. The number of nitrogens with zero attached hydrogens (tertiary/aromatic N) is 1. The summed E-state index contributed by atoms with van der Waals surface area (Å²) in [5.41, 5.74) is 0.693. The highest BCUT2D eigenvalue weighted by atomic mass is 32.2. The Morgan fingerprint density at radius 2 is 2.00 bits per heavy atom. The summed E-state index contributed by atoms with van der Waals surface area (Å²) in [6, 6.07) is 4.61. The Morgan fingerprint density at radius 3 is 2.64 bits per heavy atom. The molecule has 1 saturated heterocycles. The van der Waals surface area contributed by atoms with Gasteiger partial charge in [0.05, 0.1) is 25.2 Å². The van der Waals surface area contributed by atoms with E-state index in [0.29, 0.717) is 37.3 Å². The van der Waals surface area contributed by atoms with Gasteiger partial charge >= 0.3 is 11.8 Å². The summed E-state index contributed by atoms with van der Waals surface area (Å²) in [5, 5.41) is 4.91. The van der Waals surface area contributed by atoms with Crippen molar-refractivity contribution in [3.63, 3.8) is 0 Å². The standard InChI is InChI=1S/C18H27N3O6S/c1-4-8-19-17(22)18(23)20-12-16-21(9-5-10-27-16)28(24,25)14-6-7-15(26-3)13(2)11-14/h6-7,11,16H,4-5,8-10,12H2,1-3H3,(H,19,22)(H,20,23)/t16-/m1/s1. The van der Waals surface area contributed by atoms with Crippen molar-refractivity contribution in [1.29, 1.82) is 0 Å². The number of carbonyl (C=O) groups excluding carboxylic acids is 2. The predicted molar refractivity (Wildman–Crippen MR) is 102 cm³/mol. The Kier molecular flexibility index (Phi) is 7.78. The van der Waals surface area contributed by atoms with Crippen molar-refractivity contribution in [2.45, 2.75) is 37.8 Å². The molecule has 0 bridgehead atoms. The number of aryl methyl sites for hydroxylation is 1. The number of benzene rings is 1. The van der Waals surface area contributed by atoms with Crippen molar-refractivity contribution in [1.82, 2.24) is 14.9 Å². The van der Waals surface area contributed by atoms with Crippen molar-refractivity contribution in [2.75, 3.05) is 33.4 Å². The second kappa shape index (κ2) is 9.85. The van der Waals surface area contributed by atoms with Crippen molar-refractivity contribution in [3.8, 4) is 5.75 Å². The number of methoxy groups -OCH3 is 1. The summed E-state index contributed by atoms with van der Waals surface area (Å²) in [6.45, 7) is 4.54. The lowest BCUT2D eigenvalue weighted by Gasteiger charge is -2.34. The van der Waals surface area contributed by atoms with Gasteiger partial charge in [0, 0.05) is 13.1 Å². The largest absolute Gasteiger partial charge is 0.496 e. The maximum absolute atomic E-state index is 13.1. The van der Waals surface area contributed by atoms with E-state index in [9.17, 15) is 18.0 Å². The number of carbonyl (C=O) groups is 2. The van der Waals surface area contributed by atoms with Crippen LogP contribution in [-0.4, -0.2) is 64.1 Å². The first-order valence-electron chi connectivity index (χ1n) is 9.15. The van der Waals surface area contributed by atoms with E-state index >= 15 is 0 Å². The first kappa shape index (κ1) is 22.1. The molecule has 1 heterocycles. The molecule has 1 aromatic rings. The second-order valence-electron chi connectivity index (χ2n) is 6.39. The van der Waals surface area contributed by atoms with E-state index in [2.05, 4.69) is 10.6 Å². The lowest BCUT2D eigenvalue weighted by atomic mass is 10.2. The van der Waals surface area contributed by atoms with E-state index in [-0.39, 0.29) is 18.0 Å². The number of amides is 2. The molecule has 0 saturated carbocycles. The normalized spacial score (nSPS) is 17.8. The van der Waals surface area contributed by atoms with Gasteiger partial charge in [-0.15, -0.1) is 0 Å². The molecule has 9 nitrogen and oxygen atoms in total. The molecule has 0 unspecified atom stereocenters. The Morgan fingerprint density at radius 1 is 1.29 bits per heavy atom. The molecule has 1 aliphatic heterocycles. The van der Waals surface area contributed by atoms with E-state index in [1.54, 1.807) is 13.0 Å². The van der Waals surface area contributed by atoms with Crippen LogP contribution >= 0.6 is 0 Å². The fraction of sp³-hybridized carbons (Fsp3) is 0.556. The van der Waals surface area contributed by atoms with E-state index in [0.717, 1.165) is 0 Å².